The van der Waals surface area contributed by atoms with Crippen LogP contribution in [-0.2, 0) is 0 Å². The van der Waals surface area contributed by atoms with Crippen molar-refractivity contribution >= 4 is 0 Å². The standard InChI is InChI=1S/C15H27NO/c1-3-14(2,9-16)15(17)8-10-7-13(15)12-6-4-5-11(10)12/h10-13,17H,3-9,16H2,1-2H3. The van der Waals surface area contributed by atoms with E-state index in [2.05, 4.69) is 13.8 Å². The third-order valence-electron chi connectivity index (χ3n) is 6.77. The second kappa shape index (κ2) is 3.71. The Morgan fingerprint density at radius 2 is 2.06 bits per heavy atom. The predicted molar refractivity (Wildman–Crippen MR) is 69.4 cm³/mol. The van der Waals surface area contributed by atoms with Crippen molar-refractivity contribution in [2.24, 2.45) is 34.8 Å². The molecule has 6 atom stereocenters. The maximum atomic E-state index is 11.3. The molecular weight excluding hydrogens is 210 g/mol. The Labute approximate surface area is 105 Å². The first-order chi connectivity index (χ1) is 8.05. The largest absolute Gasteiger partial charge is 0.389 e. The van der Waals surface area contributed by atoms with E-state index in [0.717, 1.165) is 30.6 Å². The summed E-state index contributed by atoms with van der Waals surface area (Å²) < 4.78 is 0. The molecule has 2 nitrogen and oxygen atoms in total. The number of fused-ring (bicyclic) bond motifs is 5. The number of nitrogens with two attached hydrogens (primary N) is 1. The quantitative estimate of drug-likeness (QED) is 0.792. The third kappa shape index (κ3) is 1.34. The third-order valence-corrected chi connectivity index (χ3v) is 6.77. The molecule has 0 saturated heterocycles. The Kier molecular flexibility index (Phi) is 2.61. The molecule has 3 N–H and O–H groups in total. The Hall–Kier alpha value is -0.0800. The molecule has 0 aromatic carbocycles. The maximum absolute atomic E-state index is 11.3. The van der Waals surface area contributed by atoms with Crippen molar-refractivity contribution < 1.29 is 5.11 Å². The van der Waals surface area contributed by atoms with E-state index in [1.54, 1.807) is 0 Å². The fraction of sp³-hybridized carbons (Fsp3) is 1.00. The second-order valence-corrected chi connectivity index (χ2v) is 7.11. The molecule has 0 spiro atoms. The highest BCUT2D eigenvalue weighted by molar-refractivity contribution is 5.15. The van der Waals surface area contributed by atoms with Crippen LogP contribution in [0.3, 0.4) is 0 Å². The lowest BCUT2D eigenvalue weighted by Crippen LogP contribution is -2.56. The van der Waals surface area contributed by atoms with Crippen LogP contribution in [-0.4, -0.2) is 17.3 Å². The summed E-state index contributed by atoms with van der Waals surface area (Å²) in [4.78, 5) is 0. The molecule has 0 heterocycles. The summed E-state index contributed by atoms with van der Waals surface area (Å²) in [5.41, 5.74) is 5.46. The summed E-state index contributed by atoms with van der Waals surface area (Å²) >= 11 is 0. The SMILES string of the molecule is CCC(C)(CN)C1(O)CC2CC1C1CCCC21. The number of rotatable bonds is 3. The van der Waals surface area contributed by atoms with E-state index < -0.39 is 5.60 Å². The number of aliphatic hydroxyl groups is 1. The summed E-state index contributed by atoms with van der Waals surface area (Å²) in [6.07, 6.45) is 7.48. The van der Waals surface area contributed by atoms with Gasteiger partial charge in [0.05, 0.1) is 5.60 Å². The molecule has 3 aliphatic carbocycles. The first-order valence-electron chi connectivity index (χ1n) is 7.48. The smallest absolute Gasteiger partial charge is 0.0746 e. The van der Waals surface area contributed by atoms with Crippen molar-refractivity contribution in [3.63, 3.8) is 0 Å². The molecule has 2 heteroatoms. The van der Waals surface area contributed by atoms with Gasteiger partial charge in [-0.3, -0.25) is 0 Å². The van der Waals surface area contributed by atoms with Crippen LogP contribution in [0.15, 0.2) is 0 Å². The molecular formula is C15H27NO. The van der Waals surface area contributed by atoms with Crippen LogP contribution in [0.5, 0.6) is 0 Å². The van der Waals surface area contributed by atoms with Gasteiger partial charge in [0.25, 0.3) is 0 Å². The van der Waals surface area contributed by atoms with Crippen molar-refractivity contribution in [1.29, 1.82) is 0 Å². The van der Waals surface area contributed by atoms with Crippen LogP contribution in [0.4, 0.5) is 0 Å². The molecule has 3 fully saturated rings. The summed E-state index contributed by atoms with van der Waals surface area (Å²) in [5.74, 6) is 3.11. The highest BCUT2D eigenvalue weighted by Crippen LogP contribution is 2.66. The Balaban J connectivity index is 1.91. The average molecular weight is 237 g/mol. The topological polar surface area (TPSA) is 46.2 Å². The van der Waals surface area contributed by atoms with Crippen LogP contribution in [0, 0.1) is 29.1 Å². The molecule has 0 aromatic rings. The number of hydrogen-bond acceptors (Lipinski definition) is 2. The normalized spacial score (nSPS) is 51.5. The fourth-order valence-corrected chi connectivity index (χ4v) is 5.43. The van der Waals surface area contributed by atoms with E-state index in [1.165, 1.54) is 25.7 Å². The van der Waals surface area contributed by atoms with Crippen LogP contribution >= 0.6 is 0 Å². The van der Waals surface area contributed by atoms with Crippen molar-refractivity contribution in [3.8, 4) is 0 Å². The zero-order valence-electron chi connectivity index (χ0n) is 11.3. The van der Waals surface area contributed by atoms with E-state index in [1.807, 2.05) is 0 Å². The maximum Gasteiger partial charge on any atom is 0.0746 e. The van der Waals surface area contributed by atoms with Crippen LogP contribution in [0.2, 0.25) is 0 Å². The Morgan fingerprint density at radius 1 is 1.35 bits per heavy atom. The Bertz CT molecular complexity index is 312. The lowest BCUT2D eigenvalue weighted by atomic mass is 9.60. The fourth-order valence-electron chi connectivity index (χ4n) is 5.43. The molecule has 98 valence electrons. The van der Waals surface area contributed by atoms with Gasteiger partial charge in [-0.05, 0) is 55.8 Å². The molecule has 0 aliphatic heterocycles. The predicted octanol–water partition coefficient (Wildman–Crippen LogP) is 2.55. The van der Waals surface area contributed by atoms with Crippen LogP contribution < -0.4 is 5.73 Å². The van der Waals surface area contributed by atoms with E-state index >= 15 is 0 Å². The minimum absolute atomic E-state index is 0.0695. The van der Waals surface area contributed by atoms with Gasteiger partial charge in [0.1, 0.15) is 0 Å². The summed E-state index contributed by atoms with van der Waals surface area (Å²) in [6, 6.07) is 0. The molecule has 3 saturated carbocycles. The van der Waals surface area contributed by atoms with Gasteiger partial charge in [-0.25, -0.2) is 0 Å². The van der Waals surface area contributed by atoms with Gasteiger partial charge in [-0.2, -0.15) is 0 Å². The van der Waals surface area contributed by atoms with Crippen molar-refractivity contribution in [1.82, 2.24) is 0 Å². The van der Waals surface area contributed by atoms with Gasteiger partial charge >= 0.3 is 0 Å². The first-order valence-corrected chi connectivity index (χ1v) is 7.48. The highest BCUT2D eigenvalue weighted by atomic mass is 16.3. The molecule has 17 heavy (non-hydrogen) atoms. The molecule has 3 rings (SSSR count). The minimum atomic E-state index is -0.466. The van der Waals surface area contributed by atoms with E-state index in [4.69, 9.17) is 5.73 Å². The summed E-state index contributed by atoms with van der Waals surface area (Å²) in [5, 5.41) is 11.3. The zero-order chi connectivity index (χ0) is 12.3. The monoisotopic (exact) mass is 237 g/mol. The summed E-state index contributed by atoms with van der Waals surface area (Å²) in [6.45, 7) is 5.02. The molecule has 2 bridgehead atoms. The van der Waals surface area contributed by atoms with Gasteiger partial charge in [0.2, 0.25) is 0 Å². The molecule has 6 unspecified atom stereocenters. The van der Waals surface area contributed by atoms with Gasteiger partial charge in [0.15, 0.2) is 0 Å². The van der Waals surface area contributed by atoms with E-state index in [-0.39, 0.29) is 5.41 Å². The highest BCUT2D eigenvalue weighted by Gasteiger charge is 2.65. The summed E-state index contributed by atoms with van der Waals surface area (Å²) in [7, 11) is 0. The van der Waals surface area contributed by atoms with Gasteiger partial charge < -0.3 is 10.8 Å². The van der Waals surface area contributed by atoms with Gasteiger partial charge in [-0.15, -0.1) is 0 Å². The van der Waals surface area contributed by atoms with Gasteiger partial charge in [-0.1, -0.05) is 20.3 Å². The Morgan fingerprint density at radius 3 is 2.71 bits per heavy atom. The van der Waals surface area contributed by atoms with Crippen LogP contribution in [0.1, 0.15) is 52.4 Å². The molecule has 0 radical (unpaired) electrons. The van der Waals surface area contributed by atoms with E-state index in [9.17, 15) is 5.11 Å². The molecule has 0 aromatic heterocycles. The second-order valence-electron chi connectivity index (χ2n) is 7.11. The zero-order valence-corrected chi connectivity index (χ0v) is 11.3. The lowest BCUT2D eigenvalue weighted by molar-refractivity contribution is -0.134. The van der Waals surface area contributed by atoms with Crippen LogP contribution in [0.25, 0.3) is 0 Å². The van der Waals surface area contributed by atoms with Gasteiger partial charge in [0, 0.05) is 12.0 Å². The molecule has 3 aliphatic rings. The average Bonchev–Trinajstić information content (AvgIpc) is 2.98. The van der Waals surface area contributed by atoms with E-state index in [0.29, 0.717) is 12.5 Å². The first kappa shape index (κ1) is 12.0. The van der Waals surface area contributed by atoms with Crippen molar-refractivity contribution in [2.45, 2.75) is 58.0 Å². The minimum Gasteiger partial charge on any atom is -0.389 e. The molecule has 0 amide bonds. The lowest BCUT2D eigenvalue weighted by Gasteiger charge is -2.50. The number of hydrogen-bond donors (Lipinski definition) is 2. The van der Waals surface area contributed by atoms with Crippen molar-refractivity contribution in [3.05, 3.63) is 0 Å². The van der Waals surface area contributed by atoms with Crippen molar-refractivity contribution in [2.75, 3.05) is 6.54 Å².